The summed E-state index contributed by atoms with van der Waals surface area (Å²) in [6.45, 7) is 2.76. The van der Waals surface area contributed by atoms with Crippen LogP contribution in [0.5, 0.6) is 5.75 Å². The molecule has 1 aliphatic heterocycles. The number of rotatable bonds is 3. The van der Waals surface area contributed by atoms with Crippen molar-refractivity contribution in [1.29, 1.82) is 0 Å². The highest BCUT2D eigenvalue weighted by molar-refractivity contribution is 5.55. The van der Waals surface area contributed by atoms with Gasteiger partial charge in [0, 0.05) is 18.8 Å². The highest BCUT2D eigenvalue weighted by Crippen LogP contribution is 2.25. The fraction of sp³-hybridized carbons (Fsp3) is 0.250. The third kappa shape index (κ3) is 2.56. The minimum absolute atomic E-state index is 0.892. The Labute approximate surface area is 113 Å². The Balaban J connectivity index is 1.80. The van der Waals surface area contributed by atoms with Gasteiger partial charge in [-0.05, 0) is 29.3 Å². The van der Waals surface area contributed by atoms with Crippen LogP contribution in [-0.2, 0) is 13.1 Å². The number of hydrogen-bond donors (Lipinski definition) is 1. The molecule has 1 aliphatic rings. The number of hydrogen-bond acceptors (Lipinski definition) is 3. The van der Waals surface area contributed by atoms with E-state index in [9.17, 15) is 0 Å². The van der Waals surface area contributed by atoms with Gasteiger partial charge < -0.3 is 9.64 Å². The summed E-state index contributed by atoms with van der Waals surface area (Å²) in [5.74, 6) is 0.904. The van der Waals surface area contributed by atoms with E-state index in [1.807, 2.05) is 12.1 Å². The van der Waals surface area contributed by atoms with Gasteiger partial charge in [0.1, 0.15) is 5.75 Å². The van der Waals surface area contributed by atoms with Crippen LogP contribution in [0.3, 0.4) is 0 Å². The molecule has 98 valence electrons. The van der Waals surface area contributed by atoms with Crippen molar-refractivity contribution >= 4 is 5.69 Å². The zero-order valence-electron chi connectivity index (χ0n) is 11.1. The van der Waals surface area contributed by atoms with E-state index in [1.165, 1.54) is 16.8 Å². The Kier molecular flexibility index (Phi) is 3.38. The van der Waals surface area contributed by atoms with Gasteiger partial charge in [0.15, 0.2) is 0 Å². The van der Waals surface area contributed by atoms with Crippen LogP contribution < -0.4 is 15.0 Å². The fourth-order valence-electron chi connectivity index (χ4n) is 2.47. The van der Waals surface area contributed by atoms with Gasteiger partial charge in [-0.2, -0.15) is 0 Å². The first-order valence-corrected chi connectivity index (χ1v) is 6.53. The summed E-state index contributed by atoms with van der Waals surface area (Å²) < 4.78 is 5.19. The molecule has 0 spiro atoms. The van der Waals surface area contributed by atoms with Gasteiger partial charge in [-0.1, -0.05) is 30.3 Å². The number of benzene rings is 2. The van der Waals surface area contributed by atoms with Gasteiger partial charge in [-0.15, -0.1) is 0 Å². The smallest absolute Gasteiger partial charge is 0.118 e. The van der Waals surface area contributed by atoms with E-state index in [0.717, 1.165) is 25.5 Å². The number of anilines is 1. The van der Waals surface area contributed by atoms with Crippen molar-refractivity contribution in [2.24, 2.45) is 0 Å². The van der Waals surface area contributed by atoms with E-state index in [-0.39, 0.29) is 0 Å². The van der Waals surface area contributed by atoms with Crippen LogP contribution in [0.2, 0.25) is 0 Å². The lowest BCUT2D eigenvalue weighted by molar-refractivity contribution is 0.414. The van der Waals surface area contributed by atoms with Crippen molar-refractivity contribution in [2.75, 3.05) is 18.7 Å². The van der Waals surface area contributed by atoms with E-state index in [2.05, 4.69) is 46.6 Å². The van der Waals surface area contributed by atoms with Gasteiger partial charge >= 0.3 is 0 Å². The first kappa shape index (κ1) is 12.1. The SMILES string of the molecule is COc1ccc(CN2CNCc3ccccc32)cc1. The Morgan fingerprint density at radius 2 is 1.89 bits per heavy atom. The lowest BCUT2D eigenvalue weighted by Gasteiger charge is -2.32. The Hall–Kier alpha value is -2.00. The lowest BCUT2D eigenvalue weighted by atomic mass is 10.1. The third-order valence-electron chi connectivity index (χ3n) is 3.48. The van der Waals surface area contributed by atoms with Crippen LogP contribution >= 0.6 is 0 Å². The molecule has 1 N–H and O–H groups in total. The maximum Gasteiger partial charge on any atom is 0.118 e. The van der Waals surface area contributed by atoms with Crippen LogP contribution in [0.25, 0.3) is 0 Å². The van der Waals surface area contributed by atoms with Crippen LogP contribution in [0.15, 0.2) is 48.5 Å². The van der Waals surface area contributed by atoms with Gasteiger partial charge in [0.05, 0.1) is 13.8 Å². The second-order valence-corrected chi connectivity index (χ2v) is 4.76. The highest BCUT2D eigenvalue weighted by Gasteiger charge is 2.15. The summed E-state index contributed by atoms with van der Waals surface area (Å²) in [5, 5.41) is 3.44. The van der Waals surface area contributed by atoms with E-state index >= 15 is 0 Å². The summed E-state index contributed by atoms with van der Waals surface area (Å²) in [7, 11) is 1.69. The van der Waals surface area contributed by atoms with Crippen molar-refractivity contribution in [3.8, 4) is 5.75 Å². The van der Waals surface area contributed by atoms with E-state index < -0.39 is 0 Å². The lowest BCUT2D eigenvalue weighted by Crippen LogP contribution is -2.38. The van der Waals surface area contributed by atoms with Gasteiger partial charge in [-0.3, -0.25) is 5.32 Å². The molecule has 0 aromatic heterocycles. The van der Waals surface area contributed by atoms with Crippen molar-refractivity contribution in [1.82, 2.24) is 5.32 Å². The molecule has 0 bridgehead atoms. The fourth-order valence-corrected chi connectivity index (χ4v) is 2.47. The summed E-state index contributed by atoms with van der Waals surface area (Å²) in [6.07, 6.45) is 0. The summed E-state index contributed by atoms with van der Waals surface area (Å²) in [5.41, 5.74) is 3.98. The molecule has 2 aromatic carbocycles. The quantitative estimate of drug-likeness (QED) is 0.911. The predicted octanol–water partition coefficient (Wildman–Crippen LogP) is 2.76. The molecule has 0 unspecified atom stereocenters. The molecule has 0 fully saturated rings. The van der Waals surface area contributed by atoms with Crippen molar-refractivity contribution in [3.05, 3.63) is 59.7 Å². The number of methoxy groups -OCH3 is 1. The molecular formula is C16H18N2O. The number of nitrogens with zero attached hydrogens (tertiary/aromatic N) is 1. The van der Waals surface area contributed by atoms with Gasteiger partial charge in [0.2, 0.25) is 0 Å². The number of fused-ring (bicyclic) bond motifs is 1. The molecule has 0 aliphatic carbocycles. The molecule has 0 saturated carbocycles. The van der Waals surface area contributed by atoms with Crippen LogP contribution in [0.4, 0.5) is 5.69 Å². The first-order valence-electron chi connectivity index (χ1n) is 6.53. The van der Waals surface area contributed by atoms with E-state index in [0.29, 0.717) is 0 Å². The zero-order valence-corrected chi connectivity index (χ0v) is 11.1. The minimum Gasteiger partial charge on any atom is -0.497 e. The van der Waals surface area contributed by atoms with Crippen LogP contribution in [0.1, 0.15) is 11.1 Å². The standard InChI is InChI=1S/C16H18N2O/c1-19-15-8-6-13(7-9-15)11-18-12-17-10-14-4-2-3-5-16(14)18/h2-9,17H,10-12H2,1H3. The second kappa shape index (κ2) is 5.33. The molecule has 2 aromatic rings. The Bertz CT molecular complexity index is 551. The Morgan fingerprint density at radius 1 is 1.11 bits per heavy atom. The second-order valence-electron chi connectivity index (χ2n) is 4.76. The number of ether oxygens (including phenoxy) is 1. The largest absolute Gasteiger partial charge is 0.497 e. The van der Waals surface area contributed by atoms with E-state index in [4.69, 9.17) is 4.74 Å². The van der Waals surface area contributed by atoms with Crippen molar-refractivity contribution in [2.45, 2.75) is 13.1 Å². The summed E-state index contributed by atoms with van der Waals surface area (Å²) in [4.78, 5) is 2.36. The number of para-hydroxylation sites is 1. The maximum absolute atomic E-state index is 5.19. The monoisotopic (exact) mass is 254 g/mol. The average Bonchev–Trinajstić information content (AvgIpc) is 2.48. The minimum atomic E-state index is 0.892. The molecule has 0 radical (unpaired) electrons. The van der Waals surface area contributed by atoms with Gasteiger partial charge in [-0.25, -0.2) is 0 Å². The van der Waals surface area contributed by atoms with Crippen molar-refractivity contribution < 1.29 is 4.74 Å². The number of nitrogens with one attached hydrogen (secondary N) is 1. The van der Waals surface area contributed by atoms with Gasteiger partial charge in [0.25, 0.3) is 0 Å². The molecule has 0 amide bonds. The third-order valence-corrected chi connectivity index (χ3v) is 3.48. The predicted molar refractivity (Wildman–Crippen MR) is 77.3 cm³/mol. The zero-order chi connectivity index (χ0) is 13.1. The summed E-state index contributed by atoms with van der Waals surface area (Å²) >= 11 is 0. The van der Waals surface area contributed by atoms with Crippen molar-refractivity contribution in [3.63, 3.8) is 0 Å². The maximum atomic E-state index is 5.19. The van der Waals surface area contributed by atoms with Crippen LogP contribution in [0, 0.1) is 0 Å². The first-order chi connectivity index (χ1) is 9.36. The molecule has 3 nitrogen and oxygen atoms in total. The molecule has 3 rings (SSSR count). The normalized spacial score (nSPS) is 14.1. The topological polar surface area (TPSA) is 24.5 Å². The summed E-state index contributed by atoms with van der Waals surface area (Å²) in [6, 6.07) is 16.8. The van der Waals surface area contributed by atoms with Crippen LogP contribution in [-0.4, -0.2) is 13.8 Å². The molecule has 19 heavy (non-hydrogen) atoms. The van der Waals surface area contributed by atoms with E-state index in [1.54, 1.807) is 7.11 Å². The highest BCUT2D eigenvalue weighted by atomic mass is 16.5. The molecule has 1 heterocycles. The molecule has 0 saturated heterocycles. The average molecular weight is 254 g/mol. The molecule has 3 heteroatoms. The Morgan fingerprint density at radius 3 is 2.68 bits per heavy atom. The molecule has 0 atom stereocenters. The molecular weight excluding hydrogens is 236 g/mol.